The zero-order valence-corrected chi connectivity index (χ0v) is 14.9. The fourth-order valence-electron chi connectivity index (χ4n) is 3.17. The van der Waals surface area contributed by atoms with E-state index in [1.54, 1.807) is 0 Å². The number of unbranched alkanes of at least 4 members (excludes halogenated alkanes) is 7. The third-order valence-electron chi connectivity index (χ3n) is 4.45. The van der Waals surface area contributed by atoms with Gasteiger partial charge >= 0.3 is 0 Å². The van der Waals surface area contributed by atoms with Crippen LogP contribution in [0.3, 0.4) is 0 Å². The second-order valence-electron chi connectivity index (χ2n) is 6.77. The van der Waals surface area contributed by atoms with Gasteiger partial charge < -0.3 is 0 Å². The molecule has 0 aromatic rings. The van der Waals surface area contributed by atoms with Crippen molar-refractivity contribution in [1.29, 1.82) is 0 Å². The van der Waals surface area contributed by atoms with Crippen LogP contribution >= 0.6 is 0 Å². The molecule has 1 radical (unpaired) electrons. The Bertz CT molecular complexity index is 173. The van der Waals surface area contributed by atoms with Gasteiger partial charge in [0.05, 0.1) is 0 Å². The SMILES string of the molecule is CCCCCCCCC([CH]C(C)CCCCC)CCC. The molecule has 0 saturated carbocycles. The third-order valence-corrected chi connectivity index (χ3v) is 4.45. The molecule has 0 spiro atoms. The molecule has 0 saturated heterocycles. The van der Waals surface area contributed by atoms with Gasteiger partial charge in [-0.15, -0.1) is 0 Å². The molecule has 0 aliphatic carbocycles. The molecule has 0 nitrogen and oxygen atoms in total. The summed E-state index contributed by atoms with van der Waals surface area (Å²) in [5.74, 6) is 1.72. The van der Waals surface area contributed by atoms with Crippen LogP contribution in [0.2, 0.25) is 0 Å². The first-order valence-corrected chi connectivity index (χ1v) is 9.59. The van der Waals surface area contributed by atoms with Crippen LogP contribution in [-0.4, -0.2) is 0 Å². The van der Waals surface area contributed by atoms with E-state index < -0.39 is 0 Å². The molecule has 0 aromatic carbocycles. The van der Waals surface area contributed by atoms with Crippen molar-refractivity contribution in [3.05, 3.63) is 6.42 Å². The fourth-order valence-corrected chi connectivity index (χ4v) is 3.17. The van der Waals surface area contributed by atoms with Crippen molar-refractivity contribution in [1.82, 2.24) is 0 Å². The summed E-state index contributed by atoms with van der Waals surface area (Å²) in [6.45, 7) is 9.36. The number of hydrogen-bond acceptors (Lipinski definition) is 0. The Morgan fingerprint density at radius 2 is 1.15 bits per heavy atom. The average molecular weight is 282 g/mol. The maximum atomic E-state index is 2.69. The van der Waals surface area contributed by atoms with Crippen LogP contribution in [0.4, 0.5) is 0 Å². The van der Waals surface area contributed by atoms with Gasteiger partial charge in [-0.3, -0.25) is 0 Å². The van der Waals surface area contributed by atoms with Gasteiger partial charge in [0, 0.05) is 0 Å². The maximum absolute atomic E-state index is 2.69. The van der Waals surface area contributed by atoms with Crippen molar-refractivity contribution >= 4 is 0 Å². The van der Waals surface area contributed by atoms with Crippen molar-refractivity contribution in [2.75, 3.05) is 0 Å². The van der Waals surface area contributed by atoms with Gasteiger partial charge in [-0.2, -0.15) is 0 Å². The molecular weight excluding hydrogens is 240 g/mol. The molecule has 2 atom stereocenters. The van der Waals surface area contributed by atoms with Crippen LogP contribution in [0.15, 0.2) is 0 Å². The van der Waals surface area contributed by atoms with Gasteiger partial charge in [-0.25, -0.2) is 0 Å². The van der Waals surface area contributed by atoms with Gasteiger partial charge in [0.25, 0.3) is 0 Å². The van der Waals surface area contributed by atoms with Crippen molar-refractivity contribution in [2.24, 2.45) is 11.8 Å². The lowest BCUT2D eigenvalue weighted by atomic mass is 9.86. The highest BCUT2D eigenvalue weighted by atomic mass is 14.2. The largest absolute Gasteiger partial charge is 0.0654 e. The topological polar surface area (TPSA) is 0 Å². The maximum Gasteiger partial charge on any atom is -0.0326 e. The molecule has 0 bridgehead atoms. The van der Waals surface area contributed by atoms with Crippen LogP contribution in [0.5, 0.6) is 0 Å². The molecular formula is C20H41. The second kappa shape index (κ2) is 15.4. The minimum Gasteiger partial charge on any atom is -0.0654 e. The summed E-state index contributed by atoms with van der Waals surface area (Å²) in [6, 6.07) is 0. The van der Waals surface area contributed by atoms with E-state index >= 15 is 0 Å². The van der Waals surface area contributed by atoms with E-state index in [9.17, 15) is 0 Å². The first-order valence-electron chi connectivity index (χ1n) is 9.59. The predicted molar refractivity (Wildman–Crippen MR) is 94.0 cm³/mol. The van der Waals surface area contributed by atoms with Gasteiger partial charge in [0.2, 0.25) is 0 Å². The molecule has 0 heteroatoms. The molecule has 0 fully saturated rings. The Hall–Kier alpha value is 0. The van der Waals surface area contributed by atoms with E-state index in [0.29, 0.717) is 0 Å². The highest BCUT2D eigenvalue weighted by Gasteiger charge is 2.12. The van der Waals surface area contributed by atoms with E-state index in [2.05, 4.69) is 34.1 Å². The lowest BCUT2D eigenvalue weighted by Gasteiger charge is -2.20. The van der Waals surface area contributed by atoms with Crippen LogP contribution in [0, 0.1) is 18.3 Å². The van der Waals surface area contributed by atoms with E-state index in [1.165, 1.54) is 83.5 Å². The predicted octanol–water partition coefficient (Wildman–Crippen LogP) is 7.57. The summed E-state index contributed by atoms with van der Waals surface area (Å²) in [5.41, 5.74) is 0. The Morgan fingerprint density at radius 3 is 1.80 bits per heavy atom. The van der Waals surface area contributed by atoms with E-state index in [0.717, 1.165) is 11.8 Å². The van der Waals surface area contributed by atoms with Crippen LogP contribution in [0.25, 0.3) is 0 Å². The summed E-state index contributed by atoms with van der Waals surface area (Å²) in [5, 5.41) is 0. The van der Waals surface area contributed by atoms with E-state index in [4.69, 9.17) is 0 Å². The summed E-state index contributed by atoms with van der Waals surface area (Å²) >= 11 is 0. The van der Waals surface area contributed by atoms with Crippen LogP contribution in [0.1, 0.15) is 111 Å². The van der Waals surface area contributed by atoms with E-state index in [-0.39, 0.29) is 0 Å². The van der Waals surface area contributed by atoms with Crippen LogP contribution in [-0.2, 0) is 0 Å². The number of rotatable bonds is 15. The summed E-state index contributed by atoms with van der Waals surface area (Å²) in [6.07, 6.45) is 21.1. The molecule has 20 heavy (non-hydrogen) atoms. The summed E-state index contributed by atoms with van der Waals surface area (Å²) in [7, 11) is 0. The minimum atomic E-state index is 0.832. The van der Waals surface area contributed by atoms with Gasteiger partial charge in [-0.05, 0) is 18.3 Å². The average Bonchev–Trinajstić information content (AvgIpc) is 2.43. The first kappa shape index (κ1) is 20.0. The fraction of sp³-hybridized carbons (Fsp3) is 0.950. The zero-order valence-electron chi connectivity index (χ0n) is 14.9. The zero-order chi connectivity index (χ0) is 15.1. The molecule has 0 aromatic heterocycles. The molecule has 0 N–H and O–H groups in total. The second-order valence-corrected chi connectivity index (χ2v) is 6.77. The van der Waals surface area contributed by atoms with Gasteiger partial charge in [-0.1, -0.05) is 111 Å². The Morgan fingerprint density at radius 1 is 0.600 bits per heavy atom. The first-order chi connectivity index (χ1) is 9.74. The Balaban J connectivity index is 3.68. The van der Waals surface area contributed by atoms with Crippen molar-refractivity contribution in [3.63, 3.8) is 0 Å². The lowest BCUT2D eigenvalue weighted by Crippen LogP contribution is -2.08. The van der Waals surface area contributed by atoms with Crippen LogP contribution < -0.4 is 0 Å². The normalized spacial score (nSPS) is 14.4. The molecule has 0 amide bonds. The van der Waals surface area contributed by atoms with Gasteiger partial charge in [0.1, 0.15) is 0 Å². The quantitative estimate of drug-likeness (QED) is 0.271. The molecule has 0 heterocycles. The molecule has 0 rings (SSSR count). The molecule has 121 valence electrons. The van der Waals surface area contributed by atoms with Crippen molar-refractivity contribution < 1.29 is 0 Å². The Labute approximate surface area is 130 Å². The smallest absolute Gasteiger partial charge is 0.0326 e. The standard InChI is InChI=1S/C20H41/c1-5-8-10-11-12-14-17-20(15-7-3)18-19(4)16-13-9-6-2/h18-20H,5-17H2,1-4H3. The monoisotopic (exact) mass is 281 g/mol. The highest BCUT2D eigenvalue weighted by molar-refractivity contribution is 4.81. The lowest BCUT2D eigenvalue weighted by molar-refractivity contribution is 0.409. The summed E-state index contributed by atoms with van der Waals surface area (Å²) in [4.78, 5) is 0. The molecule has 0 aliphatic heterocycles. The van der Waals surface area contributed by atoms with E-state index in [1.807, 2.05) is 0 Å². The highest BCUT2D eigenvalue weighted by Crippen LogP contribution is 2.25. The Kier molecular flexibility index (Phi) is 15.4. The molecule has 2 unspecified atom stereocenters. The summed E-state index contributed by atoms with van der Waals surface area (Å²) < 4.78 is 0. The molecule has 0 aliphatic rings. The third kappa shape index (κ3) is 13.0. The van der Waals surface area contributed by atoms with Gasteiger partial charge in [0.15, 0.2) is 0 Å². The van der Waals surface area contributed by atoms with Crippen molar-refractivity contribution in [2.45, 2.75) is 111 Å². The van der Waals surface area contributed by atoms with Crippen molar-refractivity contribution in [3.8, 4) is 0 Å². The minimum absolute atomic E-state index is 0.832. The number of hydrogen-bond donors (Lipinski definition) is 0.